The smallest absolute Gasteiger partial charge is 0.319 e. The molecular formula is C34H37F2N7O4. The number of piperazine rings is 1. The van der Waals surface area contributed by atoms with Crippen LogP contribution in [0.15, 0.2) is 16.5 Å². The number of likely N-dealkylation sites (N-methyl/N-ethyl adjacent to an activating group) is 1. The lowest BCUT2D eigenvalue weighted by Gasteiger charge is -2.42. The summed E-state index contributed by atoms with van der Waals surface area (Å²) in [6, 6.07) is 5.03. The van der Waals surface area contributed by atoms with Crippen LogP contribution in [0.5, 0.6) is 6.01 Å². The third-order valence-corrected chi connectivity index (χ3v) is 10.4. The van der Waals surface area contributed by atoms with Crippen molar-refractivity contribution in [3.63, 3.8) is 0 Å². The summed E-state index contributed by atoms with van der Waals surface area (Å²) < 4.78 is 51.0. The third-order valence-electron chi connectivity index (χ3n) is 10.4. The maximum atomic E-state index is 17.3. The number of nitrogen functional groups attached to an aromatic ring is 1. The highest BCUT2D eigenvalue weighted by molar-refractivity contribution is 6.05. The Morgan fingerprint density at radius 1 is 1.11 bits per heavy atom. The maximum Gasteiger partial charge on any atom is 0.319 e. The van der Waals surface area contributed by atoms with E-state index in [-0.39, 0.29) is 76.4 Å². The van der Waals surface area contributed by atoms with Crippen molar-refractivity contribution in [1.82, 2.24) is 19.8 Å². The van der Waals surface area contributed by atoms with Crippen molar-refractivity contribution in [1.29, 1.82) is 5.26 Å². The van der Waals surface area contributed by atoms with Gasteiger partial charge in [0.1, 0.15) is 41.0 Å². The number of nitrogens with zero attached hydrogens (tertiary/aromatic N) is 6. The number of rotatable bonds is 7. The quantitative estimate of drug-likeness (QED) is 0.298. The summed E-state index contributed by atoms with van der Waals surface area (Å²) in [7, 11) is 2.06. The van der Waals surface area contributed by atoms with Gasteiger partial charge in [-0.15, -0.1) is 0 Å². The average Bonchev–Trinajstić information content (AvgIpc) is 3.81. The van der Waals surface area contributed by atoms with E-state index in [1.54, 1.807) is 6.92 Å². The van der Waals surface area contributed by atoms with E-state index in [1.807, 2.05) is 6.07 Å². The molecule has 4 atom stereocenters. The number of fused-ring (bicyclic) bond motifs is 6. The van der Waals surface area contributed by atoms with Crippen molar-refractivity contribution >= 4 is 33.6 Å². The second kappa shape index (κ2) is 11.6. The van der Waals surface area contributed by atoms with Gasteiger partial charge >= 0.3 is 6.01 Å². The molecule has 246 valence electrons. The number of halogens is 2. The van der Waals surface area contributed by atoms with Crippen LogP contribution in [-0.2, 0) is 18.0 Å². The number of likely N-dealkylation sites (tertiary alicyclic amines) is 2. The standard InChI is InChI=1S/C34H37F2N7O4/c1-17(44)11-42-12-18-5-6-19(13-42)43(18)33-28-23-16-45-15-22(23)27(29-24(35)7-8-25-26(29)21(10-37)32(38)47-25)30(36)31(28)39-34(40-33)46-14-20-4-3-9-41(20)2/h7-8,17-20,44H,3-6,9,11-16,38H2,1-2H3/t17-,18?,19?,20+/m1/s1. The lowest BCUT2D eigenvalue weighted by Crippen LogP contribution is -2.55. The molecule has 4 aromatic rings. The largest absolute Gasteiger partial charge is 0.462 e. The van der Waals surface area contributed by atoms with E-state index < -0.39 is 17.7 Å². The average molecular weight is 646 g/mol. The first kappa shape index (κ1) is 30.3. The summed E-state index contributed by atoms with van der Waals surface area (Å²) >= 11 is 0. The van der Waals surface area contributed by atoms with Crippen LogP contribution >= 0.6 is 0 Å². The number of nitriles is 1. The molecule has 3 N–H and O–H groups in total. The molecule has 2 aromatic carbocycles. The Bertz CT molecular complexity index is 1930. The lowest BCUT2D eigenvalue weighted by molar-refractivity contribution is 0.111. The van der Waals surface area contributed by atoms with Crippen LogP contribution in [-0.4, -0.2) is 88.9 Å². The number of hydrogen-bond acceptors (Lipinski definition) is 11. The Morgan fingerprint density at radius 2 is 1.87 bits per heavy atom. The zero-order valence-corrected chi connectivity index (χ0v) is 26.4. The number of aromatic nitrogens is 2. The Balaban J connectivity index is 1.34. The summed E-state index contributed by atoms with van der Waals surface area (Å²) in [6.45, 7) is 5.38. The molecule has 6 heterocycles. The number of hydrogen-bond donors (Lipinski definition) is 2. The fourth-order valence-electron chi connectivity index (χ4n) is 8.26. The van der Waals surface area contributed by atoms with Crippen molar-refractivity contribution < 1.29 is 27.8 Å². The van der Waals surface area contributed by atoms with Crippen LogP contribution in [0, 0.1) is 23.0 Å². The Labute approximate surface area is 270 Å². The highest BCUT2D eigenvalue weighted by Gasteiger charge is 2.43. The SMILES string of the molecule is C[C@@H](O)CN1CC2CCC(C1)N2c1nc(OC[C@@H]2CCCN2C)nc2c(F)c(-c3c(F)ccc4oc(N)c(C#N)c34)c3c(c12)COC3. The molecule has 2 aromatic heterocycles. The fourth-order valence-corrected chi connectivity index (χ4v) is 8.26. The zero-order valence-electron chi connectivity index (χ0n) is 26.4. The lowest BCUT2D eigenvalue weighted by atomic mass is 9.90. The molecule has 0 aliphatic carbocycles. The molecule has 11 nitrogen and oxygen atoms in total. The van der Waals surface area contributed by atoms with E-state index in [1.165, 1.54) is 12.1 Å². The third kappa shape index (κ3) is 4.88. The van der Waals surface area contributed by atoms with Crippen LogP contribution in [0.25, 0.3) is 33.0 Å². The number of aliphatic hydroxyl groups is 1. The summed E-state index contributed by atoms with van der Waals surface area (Å²) in [5.74, 6) is -1.04. The van der Waals surface area contributed by atoms with E-state index >= 15 is 8.78 Å². The first-order valence-electron chi connectivity index (χ1n) is 16.3. The van der Waals surface area contributed by atoms with Gasteiger partial charge < -0.3 is 34.5 Å². The normalized spacial score (nSPS) is 23.6. The molecule has 4 aliphatic rings. The summed E-state index contributed by atoms with van der Waals surface area (Å²) in [4.78, 5) is 16.5. The Kier molecular flexibility index (Phi) is 7.44. The van der Waals surface area contributed by atoms with E-state index in [9.17, 15) is 10.4 Å². The number of anilines is 2. The van der Waals surface area contributed by atoms with Crippen LogP contribution in [0.1, 0.15) is 49.3 Å². The van der Waals surface area contributed by atoms with E-state index in [0.29, 0.717) is 35.5 Å². The number of benzene rings is 2. The molecule has 0 spiro atoms. The zero-order chi connectivity index (χ0) is 32.6. The summed E-state index contributed by atoms with van der Waals surface area (Å²) in [5.41, 5.74) is 7.17. The molecule has 3 saturated heterocycles. The van der Waals surface area contributed by atoms with Gasteiger partial charge in [-0.1, -0.05) is 0 Å². The van der Waals surface area contributed by atoms with Gasteiger partial charge in [-0.25, -0.2) is 8.78 Å². The first-order chi connectivity index (χ1) is 22.7. The number of ether oxygens (including phenoxy) is 2. The molecule has 13 heteroatoms. The van der Waals surface area contributed by atoms with Gasteiger partial charge in [0.05, 0.1) is 30.1 Å². The second-order valence-corrected chi connectivity index (χ2v) is 13.4. The van der Waals surface area contributed by atoms with Gasteiger partial charge in [0.15, 0.2) is 5.82 Å². The van der Waals surface area contributed by atoms with E-state index in [2.05, 4.69) is 26.7 Å². The molecular weight excluding hydrogens is 608 g/mol. The van der Waals surface area contributed by atoms with Gasteiger partial charge in [-0.05, 0) is 69.5 Å². The minimum absolute atomic E-state index is 0.0150. The van der Waals surface area contributed by atoms with Crippen molar-refractivity contribution in [2.75, 3.05) is 50.5 Å². The van der Waals surface area contributed by atoms with Crippen molar-refractivity contribution in [2.45, 2.75) is 70.1 Å². The van der Waals surface area contributed by atoms with Gasteiger partial charge in [-0.3, -0.25) is 4.90 Å². The van der Waals surface area contributed by atoms with Crippen LogP contribution < -0.4 is 15.4 Å². The summed E-state index contributed by atoms with van der Waals surface area (Å²) in [6.07, 6.45) is 3.47. The molecule has 2 unspecified atom stereocenters. The highest BCUT2D eigenvalue weighted by Crippen LogP contribution is 2.48. The topological polar surface area (TPSA) is 137 Å². The van der Waals surface area contributed by atoms with Gasteiger partial charge in [0, 0.05) is 48.9 Å². The van der Waals surface area contributed by atoms with Crippen LogP contribution in [0.3, 0.4) is 0 Å². The fraction of sp³-hybridized carbons (Fsp3) is 0.500. The molecule has 3 fully saturated rings. The molecule has 0 radical (unpaired) electrons. The van der Waals surface area contributed by atoms with Crippen molar-refractivity contribution in [3.05, 3.63) is 40.5 Å². The molecule has 2 bridgehead atoms. The molecule has 4 aliphatic heterocycles. The first-order valence-corrected chi connectivity index (χ1v) is 16.3. The van der Waals surface area contributed by atoms with Gasteiger partial charge in [0.2, 0.25) is 5.88 Å². The van der Waals surface area contributed by atoms with E-state index in [0.717, 1.165) is 45.3 Å². The number of aliphatic hydroxyl groups excluding tert-OH is 1. The molecule has 47 heavy (non-hydrogen) atoms. The minimum atomic E-state index is -0.745. The number of β-amino-alcohol motifs (C(OH)–C–C–N with tert-alkyl or cyclic N) is 1. The van der Waals surface area contributed by atoms with Gasteiger partial charge in [-0.2, -0.15) is 15.2 Å². The van der Waals surface area contributed by atoms with Gasteiger partial charge in [0.25, 0.3) is 0 Å². The van der Waals surface area contributed by atoms with E-state index in [4.69, 9.17) is 24.6 Å². The molecule has 0 amide bonds. The van der Waals surface area contributed by atoms with Crippen molar-refractivity contribution in [3.8, 4) is 23.2 Å². The predicted octanol–water partition coefficient (Wildman–Crippen LogP) is 4.31. The van der Waals surface area contributed by atoms with Crippen LogP contribution in [0.2, 0.25) is 0 Å². The Hall–Kier alpha value is -4.09. The minimum Gasteiger partial charge on any atom is -0.462 e. The summed E-state index contributed by atoms with van der Waals surface area (Å²) in [5, 5.41) is 20.7. The second-order valence-electron chi connectivity index (χ2n) is 13.4. The molecule has 0 saturated carbocycles. The molecule has 8 rings (SSSR count). The Morgan fingerprint density at radius 3 is 2.57 bits per heavy atom. The maximum absolute atomic E-state index is 17.3. The number of nitrogens with two attached hydrogens (primary N) is 1. The van der Waals surface area contributed by atoms with Crippen LogP contribution in [0.4, 0.5) is 20.5 Å². The van der Waals surface area contributed by atoms with Crippen molar-refractivity contribution in [2.24, 2.45) is 0 Å². The predicted molar refractivity (Wildman–Crippen MR) is 171 cm³/mol. The number of furan rings is 1. The highest BCUT2D eigenvalue weighted by atomic mass is 19.1. The monoisotopic (exact) mass is 645 g/mol.